The molecule has 0 heterocycles. The molecule has 0 fully saturated rings. The first-order chi connectivity index (χ1) is 10.0. The Hall–Kier alpha value is -1.55. The van der Waals surface area contributed by atoms with E-state index in [2.05, 4.69) is 5.32 Å². The molecule has 1 amide bonds. The van der Waals surface area contributed by atoms with Crippen molar-refractivity contribution in [2.75, 3.05) is 11.2 Å². The van der Waals surface area contributed by atoms with E-state index in [4.69, 9.17) is 34.8 Å². The van der Waals surface area contributed by atoms with Gasteiger partial charge in [0.1, 0.15) is 5.88 Å². The number of carbonyl (C=O) groups is 2. The molecule has 21 heavy (non-hydrogen) atoms. The van der Waals surface area contributed by atoms with Crippen LogP contribution in [0.15, 0.2) is 42.5 Å². The third-order valence-electron chi connectivity index (χ3n) is 2.74. The van der Waals surface area contributed by atoms with Crippen molar-refractivity contribution in [3.63, 3.8) is 0 Å². The van der Waals surface area contributed by atoms with Crippen LogP contribution in [-0.2, 0) is 4.79 Å². The van der Waals surface area contributed by atoms with Crippen LogP contribution < -0.4 is 5.32 Å². The van der Waals surface area contributed by atoms with Crippen LogP contribution in [0.1, 0.15) is 15.9 Å². The molecule has 108 valence electrons. The molecule has 0 bridgehead atoms. The van der Waals surface area contributed by atoms with Crippen LogP contribution in [0.25, 0.3) is 0 Å². The number of benzene rings is 2. The third-order valence-corrected chi connectivity index (χ3v) is 3.55. The Bertz CT molecular complexity index is 684. The van der Waals surface area contributed by atoms with Gasteiger partial charge in [-0.05, 0) is 36.4 Å². The molecule has 0 aliphatic heterocycles. The fourth-order valence-electron chi connectivity index (χ4n) is 1.79. The van der Waals surface area contributed by atoms with Crippen molar-refractivity contribution < 1.29 is 9.59 Å². The summed E-state index contributed by atoms with van der Waals surface area (Å²) < 4.78 is 0. The Morgan fingerprint density at radius 3 is 2.29 bits per heavy atom. The zero-order chi connectivity index (χ0) is 15.4. The first kappa shape index (κ1) is 15.8. The maximum atomic E-state index is 12.6. The Balaban J connectivity index is 2.44. The maximum Gasteiger partial charge on any atom is 0.239 e. The van der Waals surface area contributed by atoms with Crippen LogP contribution in [-0.4, -0.2) is 17.6 Å². The summed E-state index contributed by atoms with van der Waals surface area (Å²) in [4.78, 5) is 24.0. The fraction of sp³-hybridized carbons (Fsp3) is 0.0667. The average Bonchev–Trinajstić information content (AvgIpc) is 2.47. The molecule has 2 aromatic carbocycles. The summed E-state index contributed by atoms with van der Waals surface area (Å²) in [7, 11) is 0. The van der Waals surface area contributed by atoms with E-state index in [-0.39, 0.29) is 22.2 Å². The number of halogens is 3. The number of hydrogen-bond acceptors (Lipinski definition) is 2. The van der Waals surface area contributed by atoms with Crippen LogP contribution in [0.3, 0.4) is 0 Å². The van der Waals surface area contributed by atoms with Gasteiger partial charge in [-0.25, -0.2) is 0 Å². The van der Waals surface area contributed by atoms with Crippen LogP contribution >= 0.6 is 34.8 Å². The van der Waals surface area contributed by atoms with E-state index in [0.717, 1.165) is 0 Å². The van der Waals surface area contributed by atoms with Gasteiger partial charge in [-0.15, -0.1) is 11.6 Å². The first-order valence-electron chi connectivity index (χ1n) is 5.97. The normalized spacial score (nSPS) is 10.2. The molecule has 0 aromatic heterocycles. The first-order valence-corrected chi connectivity index (χ1v) is 7.26. The summed E-state index contributed by atoms with van der Waals surface area (Å²) in [6.07, 6.45) is 0. The van der Waals surface area contributed by atoms with Crippen LogP contribution in [0.4, 0.5) is 5.69 Å². The minimum atomic E-state index is -0.413. The van der Waals surface area contributed by atoms with Gasteiger partial charge in [0.2, 0.25) is 5.91 Å². The van der Waals surface area contributed by atoms with Gasteiger partial charge in [0.25, 0.3) is 0 Å². The highest BCUT2D eigenvalue weighted by Gasteiger charge is 2.18. The highest BCUT2D eigenvalue weighted by molar-refractivity contribution is 6.36. The SMILES string of the molecule is O=C(CCl)Nc1cccc(Cl)c1C(=O)c1ccc(Cl)cc1. The Kier molecular flexibility index (Phi) is 5.23. The molecule has 2 rings (SSSR count). The smallest absolute Gasteiger partial charge is 0.239 e. The van der Waals surface area contributed by atoms with Crippen molar-refractivity contribution >= 4 is 52.2 Å². The quantitative estimate of drug-likeness (QED) is 0.661. The number of alkyl halides is 1. The zero-order valence-electron chi connectivity index (χ0n) is 10.7. The lowest BCUT2D eigenvalue weighted by molar-refractivity contribution is -0.113. The maximum absolute atomic E-state index is 12.6. The number of anilines is 1. The van der Waals surface area contributed by atoms with Gasteiger partial charge in [0.05, 0.1) is 16.3 Å². The highest BCUT2D eigenvalue weighted by Crippen LogP contribution is 2.27. The summed E-state index contributed by atoms with van der Waals surface area (Å²) in [5, 5.41) is 3.34. The summed E-state index contributed by atoms with van der Waals surface area (Å²) in [6, 6.07) is 11.2. The van der Waals surface area contributed by atoms with Gasteiger partial charge < -0.3 is 5.32 Å². The number of rotatable bonds is 4. The summed E-state index contributed by atoms with van der Waals surface area (Å²) in [6.45, 7) is 0. The number of nitrogens with one attached hydrogen (secondary N) is 1. The van der Waals surface area contributed by atoms with Crippen molar-refractivity contribution in [1.29, 1.82) is 0 Å². The zero-order valence-corrected chi connectivity index (χ0v) is 13.0. The molecule has 0 aliphatic carbocycles. The Labute approximate surface area is 136 Å². The second-order valence-electron chi connectivity index (χ2n) is 4.18. The number of ketones is 1. The van der Waals surface area contributed by atoms with E-state index in [0.29, 0.717) is 16.3 Å². The van der Waals surface area contributed by atoms with E-state index in [1.165, 1.54) is 0 Å². The summed E-state index contributed by atoms with van der Waals surface area (Å²) in [5.41, 5.74) is 0.974. The molecule has 0 saturated heterocycles. The van der Waals surface area contributed by atoms with Gasteiger partial charge in [0.15, 0.2) is 5.78 Å². The van der Waals surface area contributed by atoms with E-state index in [9.17, 15) is 9.59 Å². The molecular formula is C15H10Cl3NO2. The van der Waals surface area contributed by atoms with Crippen molar-refractivity contribution in [2.24, 2.45) is 0 Å². The van der Waals surface area contributed by atoms with Crippen molar-refractivity contribution in [3.8, 4) is 0 Å². The van der Waals surface area contributed by atoms with Crippen LogP contribution in [0, 0.1) is 0 Å². The lowest BCUT2D eigenvalue weighted by Gasteiger charge is -2.11. The topological polar surface area (TPSA) is 46.2 Å². The van der Waals surface area contributed by atoms with Gasteiger partial charge in [-0.3, -0.25) is 9.59 Å². The van der Waals surface area contributed by atoms with Crippen molar-refractivity contribution in [3.05, 3.63) is 63.6 Å². The molecule has 0 atom stereocenters. The van der Waals surface area contributed by atoms with Gasteiger partial charge >= 0.3 is 0 Å². The monoisotopic (exact) mass is 341 g/mol. The third kappa shape index (κ3) is 3.76. The largest absolute Gasteiger partial charge is 0.324 e. The molecule has 0 unspecified atom stereocenters. The molecule has 0 aliphatic rings. The molecule has 0 saturated carbocycles. The molecule has 2 aromatic rings. The second kappa shape index (κ2) is 6.94. The number of carbonyl (C=O) groups excluding carboxylic acids is 2. The molecule has 3 nitrogen and oxygen atoms in total. The van der Waals surface area contributed by atoms with Gasteiger partial charge in [-0.1, -0.05) is 29.3 Å². The predicted molar refractivity (Wildman–Crippen MR) is 85.7 cm³/mol. The average molecular weight is 343 g/mol. The van der Waals surface area contributed by atoms with Gasteiger partial charge in [-0.2, -0.15) is 0 Å². The highest BCUT2D eigenvalue weighted by atomic mass is 35.5. The number of amides is 1. The summed E-state index contributed by atoms with van der Waals surface area (Å²) >= 11 is 17.4. The number of hydrogen-bond donors (Lipinski definition) is 1. The fourth-order valence-corrected chi connectivity index (χ4v) is 2.24. The summed E-state index contributed by atoms with van der Waals surface area (Å²) in [5.74, 6) is -0.924. The van der Waals surface area contributed by atoms with E-state index < -0.39 is 5.91 Å². The predicted octanol–water partition coefficient (Wildman–Crippen LogP) is 4.40. The van der Waals surface area contributed by atoms with E-state index in [1.807, 2.05) is 0 Å². The Morgan fingerprint density at radius 1 is 1.00 bits per heavy atom. The van der Waals surface area contributed by atoms with Crippen LogP contribution in [0.2, 0.25) is 10.0 Å². The van der Waals surface area contributed by atoms with E-state index in [1.54, 1.807) is 42.5 Å². The van der Waals surface area contributed by atoms with Gasteiger partial charge in [0, 0.05) is 10.6 Å². The molecule has 6 heteroatoms. The molecular weight excluding hydrogens is 333 g/mol. The molecule has 1 N–H and O–H groups in total. The second-order valence-corrected chi connectivity index (χ2v) is 5.29. The molecule has 0 radical (unpaired) electrons. The van der Waals surface area contributed by atoms with Crippen LogP contribution in [0.5, 0.6) is 0 Å². The standard InChI is InChI=1S/C15H10Cl3NO2/c16-8-13(20)19-12-3-1-2-11(18)14(12)15(21)9-4-6-10(17)7-5-9/h1-7H,8H2,(H,19,20). The molecule has 0 spiro atoms. The lowest BCUT2D eigenvalue weighted by atomic mass is 10.0. The van der Waals surface area contributed by atoms with Crippen molar-refractivity contribution in [2.45, 2.75) is 0 Å². The van der Waals surface area contributed by atoms with Crippen molar-refractivity contribution in [1.82, 2.24) is 0 Å². The minimum absolute atomic E-state index is 0.207. The minimum Gasteiger partial charge on any atom is -0.324 e. The van der Waals surface area contributed by atoms with E-state index >= 15 is 0 Å². The lowest BCUT2D eigenvalue weighted by Crippen LogP contribution is -2.16. The Morgan fingerprint density at radius 2 is 1.67 bits per heavy atom.